The Morgan fingerprint density at radius 3 is 2.67 bits per heavy atom. The van der Waals surface area contributed by atoms with Gasteiger partial charge in [0.05, 0.1) is 6.67 Å². The molecular formula is C19H21FO. The van der Waals surface area contributed by atoms with Gasteiger partial charge in [-0.3, -0.25) is 4.39 Å². The van der Waals surface area contributed by atoms with Crippen molar-refractivity contribution in [3.05, 3.63) is 53.6 Å². The minimum Gasteiger partial charge on any atom is -0.508 e. The van der Waals surface area contributed by atoms with Gasteiger partial charge < -0.3 is 5.11 Å². The highest BCUT2D eigenvalue weighted by atomic mass is 19.1. The van der Waals surface area contributed by atoms with Gasteiger partial charge in [0, 0.05) is 11.1 Å². The second-order valence-electron chi connectivity index (χ2n) is 5.65. The molecule has 1 N–H and O–H groups in total. The molecule has 1 aliphatic carbocycles. The number of halogens is 1. The maximum atomic E-state index is 12.4. The van der Waals surface area contributed by atoms with Gasteiger partial charge in [0.1, 0.15) is 5.75 Å². The maximum Gasteiger partial charge on any atom is 0.115 e. The van der Waals surface area contributed by atoms with Crippen LogP contribution in [0.3, 0.4) is 0 Å². The Morgan fingerprint density at radius 2 is 2.05 bits per heavy atom. The van der Waals surface area contributed by atoms with Crippen molar-refractivity contribution in [3.63, 3.8) is 0 Å². The monoisotopic (exact) mass is 284 g/mol. The van der Waals surface area contributed by atoms with Crippen molar-refractivity contribution in [1.82, 2.24) is 0 Å². The van der Waals surface area contributed by atoms with E-state index in [4.69, 9.17) is 0 Å². The van der Waals surface area contributed by atoms with Crippen LogP contribution in [0.5, 0.6) is 5.75 Å². The molecule has 0 saturated carbocycles. The summed E-state index contributed by atoms with van der Waals surface area (Å²) in [6.07, 6.45) is 9.35. The standard InChI is InChI=1S/C19H21FO/c1-15(14-20)2-3-16-4-6-17(7-5-16)8-9-18-10-12-19(21)13-11-18/h4,6-7,10-13,15-16,21H,2-3,5,14H2,1H3. The van der Waals surface area contributed by atoms with Crippen LogP contribution in [0.1, 0.15) is 31.7 Å². The summed E-state index contributed by atoms with van der Waals surface area (Å²) in [5.74, 6) is 7.15. The number of phenolic OH excluding ortho intramolecular Hbond substituents is 1. The summed E-state index contributed by atoms with van der Waals surface area (Å²) in [5, 5.41) is 9.22. The van der Waals surface area contributed by atoms with Crippen molar-refractivity contribution < 1.29 is 9.50 Å². The normalized spacial score (nSPS) is 18.6. The number of hydrogen-bond donors (Lipinski definition) is 1. The highest BCUT2D eigenvalue weighted by molar-refractivity contribution is 5.47. The van der Waals surface area contributed by atoms with Crippen LogP contribution < -0.4 is 0 Å². The molecule has 2 atom stereocenters. The van der Waals surface area contributed by atoms with Crippen LogP contribution in [0.15, 0.2) is 48.1 Å². The molecule has 1 aromatic carbocycles. The van der Waals surface area contributed by atoms with Crippen molar-refractivity contribution in [1.29, 1.82) is 0 Å². The Labute approximate surface area is 126 Å². The molecule has 0 amide bonds. The fraction of sp³-hybridized carbons (Fsp3) is 0.368. The zero-order valence-electron chi connectivity index (χ0n) is 12.3. The summed E-state index contributed by atoms with van der Waals surface area (Å²) >= 11 is 0. The second-order valence-corrected chi connectivity index (χ2v) is 5.65. The molecule has 0 spiro atoms. The third-order valence-electron chi connectivity index (χ3n) is 3.70. The summed E-state index contributed by atoms with van der Waals surface area (Å²) in [6, 6.07) is 6.88. The Bertz CT molecular complexity index is 572. The SMILES string of the molecule is CC(CF)CCC1C=CC(C#Cc2ccc(O)cc2)=CC1. The third-order valence-corrected chi connectivity index (χ3v) is 3.70. The molecule has 1 aromatic rings. The minimum atomic E-state index is -0.227. The van der Waals surface area contributed by atoms with Crippen LogP contribution in [0.4, 0.5) is 4.39 Å². The smallest absolute Gasteiger partial charge is 0.115 e. The summed E-state index contributed by atoms with van der Waals surface area (Å²) in [4.78, 5) is 0. The Kier molecular flexibility index (Phi) is 5.63. The first-order valence-corrected chi connectivity index (χ1v) is 7.42. The third kappa shape index (κ3) is 5.11. The first-order chi connectivity index (χ1) is 10.2. The van der Waals surface area contributed by atoms with Gasteiger partial charge in [-0.1, -0.05) is 37.0 Å². The van der Waals surface area contributed by atoms with Crippen LogP contribution in [0.25, 0.3) is 0 Å². The number of phenols is 1. The van der Waals surface area contributed by atoms with Crippen LogP contribution in [0, 0.1) is 23.7 Å². The Hall–Kier alpha value is -2.01. The minimum absolute atomic E-state index is 0.165. The zero-order chi connectivity index (χ0) is 15.1. The van der Waals surface area contributed by atoms with Gasteiger partial charge in [-0.25, -0.2) is 0 Å². The quantitative estimate of drug-likeness (QED) is 0.799. The Balaban J connectivity index is 1.87. The first kappa shape index (κ1) is 15.4. The number of hydrogen-bond acceptors (Lipinski definition) is 1. The Morgan fingerprint density at radius 1 is 1.29 bits per heavy atom. The molecule has 0 aliphatic heterocycles. The highest BCUT2D eigenvalue weighted by Gasteiger charge is 2.10. The average Bonchev–Trinajstić information content (AvgIpc) is 2.53. The lowest BCUT2D eigenvalue weighted by Gasteiger charge is -2.15. The predicted molar refractivity (Wildman–Crippen MR) is 84.7 cm³/mol. The lowest BCUT2D eigenvalue weighted by molar-refractivity contribution is 0.346. The summed E-state index contributed by atoms with van der Waals surface area (Å²) in [7, 11) is 0. The number of aromatic hydroxyl groups is 1. The molecule has 1 aliphatic rings. The van der Waals surface area contributed by atoms with E-state index in [0.717, 1.165) is 30.4 Å². The number of alkyl halides is 1. The second kappa shape index (κ2) is 7.69. The van der Waals surface area contributed by atoms with Crippen LogP contribution >= 0.6 is 0 Å². The molecule has 1 nitrogen and oxygen atoms in total. The highest BCUT2D eigenvalue weighted by Crippen LogP contribution is 2.23. The van der Waals surface area contributed by atoms with Crippen molar-refractivity contribution >= 4 is 0 Å². The van der Waals surface area contributed by atoms with E-state index in [-0.39, 0.29) is 18.3 Å². The van der Waals surface area contributed by atoms with Crippen LogP contribution in [0.2, 0.25) is 0 Å². The van der Waals surface area contributed by atoms with Gasteiger partial charge in [0.15, 0.2) is 0 Å². The fourth-order valence-electron chi connectivity index (χ4n) is 2.24. The lowest BCUT2D eigenvalue weighted by atomic mass is 9.90. The zero-order valence-corrected chi connectivity index (χ0v) is 12.3. The van der Waals surface area contributed by atoms with E-state index in [1.807, 2.05) is 6.92 Å². The first-order valence-electron chi connectivity index (χ1n) is 7.42. The van der Waals surface area contributed by atoms with Gasteiger partial charge in [0.25, 0.3) is 0 Å². The van der Waals surface area contributed by atoms with Gasteiger partial charge in [-0.15, -0.1) is 0 Å². The molecule has 0 heterocycles. The summed E-state index contributed by atoms with van der Waals surface area (Å²) in [6.45, 7) is 1.73. The number of rotatable bonds is 4. The predicted octanol–water partition coefficient (Wildman–Crippen LogP) is 4.63. The molecule has 2 heteroatoms. The molecular weight excluding hydrogens is 263 g/mol. The van der Waals surface area contributed by atoms with E-state index >= 15 is 0 Å². The van der Waals surface area contributed by atoms with Crippen molar-refractivity contribution in [3.8, 4) is 17.6 Å². The van der Waals surface area contributed by atoms with E-state index in [9.17, 15) is 9.50 Å². The molecule has 0 aromatic heterocycles. The maximum absolute atomic E-state index is 12.4. The largest absolute Gasteiger partial charge is 0.508 e. The van der Waals surface area contributed by atoms with E-state index in [1.54, 1.807) is 24.3 Å². The molecule has 110 valence electrons. The van der Waals surface area contributed by atoms with Gasteiger partial charge in [-0.2, -0.15) is 0 Å². The molecule has 0 fully saturated rings. The van der Waals surface area contributed by atoms with E-state index in [0.29, 0.717) is 5.92 Å². The van der Waals surface area contributed by atoms with Gasteiger partial charge in [0.2, 0.25) is 0 Å². The molecule has 0 radical (unpaired) electrons. The molecule has 21 heavy (non-hydrogen) atoms. The molecule has 2 unspecified atom stereocenters. The topological polar surface area (TPSA) is 20.2 Å². The number of benzene rings is 1. The fourth-order valence-corrected chi connectivity index (χ4v) is 2.24. The van der Waals surface area contributed by atoms with Crippen molar-refractivity contribution in [2.45, 2.75) is 26.2 Å². The number of allylic oxidation sites excluding steroid dienone is 4. The lowest BCUT2D eigenvalue weighted by Crippen LogP contribution is -2.04. The summed E-state index contributed by atoms with van der Waals surface area (Å²) < 4.78 is 12.4. The van der Waals surface area contributed by atoms with Crippen LogP contribution in [-0.2, 0) is 0 Å². The van der Waals surface area contributed by atoms with E-state index in [2.05, 4.69) is 30.1 Å². The van der Waals surface area contributed by atoms with Crippen LogP contribution in [-0.4, -0.2) is 11.8 Å². The van der Waals surface area contributed by atoms with Gasteiger partial charge in [-0.05, 0) is 55.4 Å². The van der Waals surface area contributed by atoms with E-state index < -0.39 is 0 Å². The van der Waals surface area contributed by atoms with Crippen molar-refractivity contribution in [2.24, 2.45) is 11.8 Å². The average molecular weight is 284 g/mol. The summed E-state index contributed by atoms with van der Waals surface area (Å²) in [5.41, 5.74) is 1.92. The molecule has 0 bridgehead atoms. The van der Waals surface area contributed by atoms with Gasteiger partial charge >= 0.3 is 0 Å². The van der Waals surface area contributed by atoms with E-state index in [1.165, 1.54) is 0 Å². The molecule has 0 saturated heterocycles. The molecule has 2 rings (SSSR count). The van der Waals surface area contributed by atoms with Crippen molar-refractivity contribution in [2.75, 3.05) is 6.67 Å².